The Balaban J connectivity index is 2.09. The molecule has 2 N–H and O–H groups in total. The van der Waals surface area contributed by atoms with Gasteiger partial charge in [-0.15, -0.1) is 0 Å². The first-order chi connectivity index (χ1) is 8.97. The SMILES string of the molecule is CC(CC(=O)O)N1CC(c2cccc(Br)c2)NC1=O. The van der Waals surface area contributed by atoms with Crippen LogP contribution >= 0.6 is 15.9 Å². The summed E-state index contributed by atoms with van der Waals surface area (Å²) < 4.78 is 0.955. The molecule has 1 aliphatic rings. The number of hydrogen-bond acceptors (Lipinski definition) is 2. The monoisotopic (exact) mass is 326 g/mol. The van der Waals surface area contributed by atoms with E-state index in [1.54, 1.807) is 11.8 Å². The lowest BCUT2D eigenvalue weighted by atomic mass is 10.1. The maximum atomic E-state index is 11.9. The van der Waals surface area contributed by atoms with Crippen molar-refractivity contribution in [1.29, 1.82) is 0 Å². The van der Waals surface area contributed by atoms with E-state index < -0.39 is 5.97 Å². The number of halogens is 1. The van der Waals surface area contributed by atoms with Crippen LogP contribution in [0, 0.1) is 0 Å². The summed E-state index contributed by atoms with van der Waals surface area (Å²) in [4.78, 5) is 24.1. The average Bonchev–Trinajstić information content (AvgIpc) is 2.70. The molecule has 1 heterocycles. The van der Waals surface area contributed by atoms with Gasteiger partial charge in [0.25, 0.3) is 0 Å². The molecule has 2 rings (SSSR count). The van der Waals surface area contributed by atoms with E-state index in [1.807, 2.05) is 24.3 Å². The zero-order valence-corrected chi connectivity index (χ0v) is 12.1. The second-order valence-electron chi connectivity index (χ2n) is 4.66. The van der Waals surface area contributed by atoms with Crippen LogP contribution in [0.3, 0.4) is 0 Å². The van der Waals surface area contributed by atoms with Crippen molar-refractivity contribution < 1.29 is 14.7 Å². The number of hydrogen-bond donors (Lipinski definition) is 2. The molecular weight excluding hydrogens is 312 g/mol. The zero-order chi connectivity index (χ0) is 14.0. The first-order valence-electron chi connectivity index (χ1n) is 6.01. The van der Waals surface area contributed by atoms with Crippen LogP contribution in [0.2, 0.25) is 0 Å². The molecule has 5 nitrogen and oxygen atoms in total. The molecule has 1 aromatic rings. The summed E-state index contributed by atoms with van der Waals surface area (Å²) in [6.07, 6.45) is -0.0430. The largest absolute Gasteiger partial charge is 0.481 e. The third-order valence-electron chi connectivity index (χ3n) is 3.19. The number of rotatable bonds is 4. The summed E-state index contributed by atoms with van der Waals surface area (Å²) in [5.41, 5.74) is 1.01. The number of carboxylic acids is 1. The van der Waals surface area contributed by atoms with Crippen molar-refractivity contribution in [2.45, 2.75) is 25.4 Å². The minimum atomic E-state index is -0.897. The standard InChI is InChI=1S/C13H15BrN2O3/c1-8(5-12(17)18)16-7-11(15-13(16)19)9-3-2-4-10(14)6-9/h2-4,6,8,11H,5,7H2,1H3,(H,15,19)(H,17,18). The van der Waals surface area contributed by atoms with Gasteiger partial charge in [0.05, 0.1) is 12.5 Å². The number of nitrogens with zero attached hydrogens (tertiary/aromatic N) is 1. The summed E-state index contributed by atoms with van der Waals surface area (Å²) in [6, 6.07) is 7.12. The average molecular weight is 327 g/mol. The molecule has 1 fully saturated rings. The van der Waals surface area contributed by atoms with Crippen LogP contribution in [0.1, 0.15) is 24.9 Å². The summed E-state index contributed by atoms with van der Waals surface area (Å²) in [7, 11) is 0. The predicted molar refractivity (Wildman–Crippen MR) is 73.8 cm³/mol. The smallest absolute Gasteiger partial charge is 0.318 e. The Morgan fingerprint density at radius 1 is 1.63 bits per heavy atom. The van der Waals surface area contributed by atoms with Crippen LogP contribution in [0.4, 0.5) is 4.79 Å². The van der Waals surface area contributed by atoms with Crippen molar-refractivity contribution in [3.05, 3.63) is 34.3 Å². The Morgan fingerprint density at radius 3 is 3.00 bits per heavy atom. The normalized spacial score (nSPS) is 20.2. The summed E-state index contributed by atoms with van der Waals surface area (Å²) in [5.74, 6) is -0.897. The molecule has 0 spiro atoms. The fraction of sp³-hybridized carbons (Fsp3) is 0.385. The number of benzene rings is 1. The Morgan fingerprint density at radius 2 is 2.37 bits per heavy atom. The van der Waals surface area contributed by atoms with E-state index in [4.69, 9.17) is 5.11 Å². The lowest BCUT2D eigenvalue weighted by Crippen LogP contribution is -2.37. The molecule has 0 aliphatic carbocycles. The maximum absolute atomic E-state index is 11.9. The number of amides is 2. The van der Waals surface area contributed by atoms with Crippen molar-refractivity contribution in [3.63, 3.8) is 0 Å². The van der Waals surface area contributed by atoms with E-state index in [0.717, 1.165) is 10.0 Å². The quantitative estimate of drug-likeness (QED) is 0.892. The van der Waals surface area contributed by atoms with Gasteiger partial charge in [-0.2, -0.15) is 0 Å². The van der Waals surface area contributed by atoms with E-state index in [9.17, 15) is 9.59 Å². The van der Waals surface area contributed by atoms with Gasteiger partial charge in [-0.05, 0) is 24.6 Å². The molecule has 0 aromatic heterocycles. The Kier molecular flexibility index (Phi) is 4.09. The van der Waals surface area contributed by atoms with Crippen LogP contribution in [-0.2, 0) is 4.79 Å². The van der Waals surface area contributed by atoms with Gasteiger partial charge >= 0.3 is 12.0 Å². The van der Waals surface area contributed by atoms with Gasteiger partial charge in [0.1, 0.15) is 0 Å². The molecule has 1 aromatic carbocycles. The molecule has 102 valence electrons. The molecule has 2 amide bonds. The summed E-state index contributed by atoms with van der Waals surface area (Å²) >= 11 is 3.40. The second kappa shape index (κ2) is 5.61. The number of carboxylic acid groups (broad SMARTS) is 1. The highest BCUT2D eigenvalue weighted by Gasteiger charge is 2.33. The maximum Gasteiger partial charge on any atom is 0.318 e. The van der Waals surface area contributed by atoms with Gasteiger partial charge in [-0.3, -0.25) is 4.79 Å². The van der Waals surface area contributed by atoms with Gasteiger partial charge in [0.15, 0.2) is 0 Å². The number of carbonyl (C=O) groups is 2. The first kappa shape index (κ1) is 13.9. The van der Waals surface area contributed by atoms with Crippen molar-refractivity contribution in [1.82, 2.24) is 10.2 Å². The Bertz CT molecular complexity index is 506. The third kappa shape index (κ3) is 3.26. The molecule has 1 aliphatic heterocycles. The molecule has 0 radical (unpaired) electrons. The molecule has 2 atom stereocenters. The van der Waals surface area contributed by atoms with Gasteiger partial charge in [-0.1, -0.05) is 28.1 Å². The summed E-state index contributed by atoms with van der Waals surface area (Å²) in [6.45, 7) is 2.24. The molecule has 2 unspecified atom stereocenters. The van der Waals surface area contributed by atoms with E-state index >= 15 is 0 Å². The number of carbonyl (C=O) groups excluding carboxylic acids is 1. The van der Waals surface area contributed by atoms with E-state index in [2.05, 4.69) is 21.2 Å². The molecule has 0 saturated carbocycles. The Labute approximate surface area is 119 Å². The third-order valence-corrected chi connectivity index (χ3v) is 3.68. The topological polar surface area (TPSA) is 69.6 Å². The van der Waals surface area contributed by atoms with Gasteiger partial charge in [0.2, 0.25) is 0 Å². The number of urea groups is 1. The lowest BCUT2D eigenvalue weighted by molar-refractivity contribution is -0.137. The van der Waals surface area contributed by atoms with Crippen molar-refractivity contribution in [2.24, 2.45) is 0 Å². The second-order valence-corrected chi connectivity index (χ2v) is 5.57. The first-order valence-corrected chi connectivity index (χ1v) is 6.81. The van der Waals surface area contributed by atoms with Crippen LogP contribution < -0.4 is 5.32 Å². The van der Waals surface area contributed by atoms with Gasteiger partial charge < -0.3 is 15.3 Å². The predicted octanol–water partition coefficient (Wildman–Crippen LogP) is 2.38. The number of nitrogens with one attached hydrogen (secondary N) is 1. The van der Waals surface area contributed by atoms with Crippen LogP contribution in [0.5, 0.6) is 0 Å². The molecule has 1 saturated heterocycles. The van der Waals surface area contributed by atoms with Crippen molar-refractivity contribution >= 4 is 27.9 Å². The highest BCUT2D eigenvalue weighted by molar-refractivity contribution is 9.10. The molecule has 19 heavy (non-hydrogen) atoms. The van der Waals surface area contributed by atoms with Crippen LogP contribution in [0.25, 0.3) is 0 Å². The van der Waals surface area contributed by atoms with Gasteiger partial charge in [0, 0.05) is 17.1 Å². The van der Waals surface area contributed by atoms with Crippen molar-refractivity contribution in [3.8, 4) is 0 Å². The molecule has 6 heteroatoms. The fourth-order valence-electron chi connectivity index (χ4n) is 2.21. The Hall–Kier alpha value is -1.56. The van der Waals surface area contributed by atoms with Crippen LogP contribution in [-0.4, -0.2) is 34.6 Å². The van der Waals surface area contributed by atoms with E-state index in [-0.39, 0.29) is 24.5 Å². The highest BCUT2D eigenvalue weighted by Crippen LogP contribution is 2.24. The van der Waals surface area contributed by atoms with Crippen LogP contribution in [0.15, 0.2) is 28.7 Å². The lowest BCUT2D eigenvalue weighted by Gasteiger charge is -2.21. The van der Waals surface area contributed by atoms with Gasteiger partial charge in [-0.25, -0.2) is 4.79 Å². The van der Waals surface area contributed by atoms with E-state index in [0.29, 0.717) is 6.54 Å². The fourth-order valence-corrected chi connectivity index (χ4v) is 2.63. The van der Waals surface area contributed by atoms with E-state index in [1.165, 1.54) is 0 Å². The minimum Gasteiger partial charge on any atom is -0.481 e. The van der Waals surface area contributed by atoms with Crippen molar-refractivity contribution in [2.75, 3.05) is 6.54 Å². The summed E-state index contributed by atoms with van der Waals surface area (Å²) in [5, 5.41) is 11.7. The molecule has 0 bridgehead atoms. The number of aliphatic carboxylic acids is 1. The molecular formula is C13H15BrN2O3. The minimum absolute atomic E-state index is 0.0430. The highest BCUT2D eigenvalue weighted by atomic mass is 79.9. The zero-order valence-electron chi connectivity index (χ0n) is 10.5.